The van der Waals surface area contributed by atoms with Gasteiger partial charge in [-0.25, -0.2) is 9.88 Å². The number of imide groups is 1. The van der Waals surface area contributed by atoms with Crippen LogP contribution >= 0.6 is 11.3 Å². The van der Waals surface area contributed by atoms with Gasteiger partial charge in [-0.15, -0.1) is 11.3 Å². The predicted octanol–water partition coefficient (Wildman–Crippen LogP) is 1.68. The van der Waals surface area contributed by atoms with E-state index in [0.29, 0.717) is 17.0 Å². The number of thiazole rings is 1. The molecule has 0 radical (unpaired) electrons. The number of aromatic nitrogens is 1. The van der Waals surface area contributed by atoms with E-state index in [1.54, 1.807) is 11.6 Å². The van der Waals surface area contributed by atoms with E-state index in [1.165, 1.54) is 16.2 Å². The van der Waals surface area contributed by atoms with E-state index in [0.717, 1.165) is 19.3 Å². The Balaban J connectivity index is 1.77. The normalized spacial score (nSPS) is 39.2. The van der Waals surface area contributed by atoms with Crippen molar-refractivity contribution < 1.29 is 9.59 Å². The lowest BCUT2D eigenvalue weighted by molar-refractivity contribution is -0.123. The van der Waals surface area contributed by atoms with E-state index >= 15 is 0 Å². The highest BCUT2D eigenvalue weighted by atomic mass is 32.1. The van der Waals surface area contributed by atoms with Crippen molar-refractivity contribution in [2.75, 3.05) is 4.90 Å². The van der Waals surface area contributed by atoms with Crippen molar-refractivity contribution in [3.05, 3.63) is 11.6 Å². The van der Waals surface area contributed by atoms with Crippen LogP contribution in [0.4, 0.5) is 5.13 Å². The van der Waals surface area contributed by atoms with Crippen LogP contribution in [0.3, 0.4) is 0 Å². The lowest BCUT2D eigenvalue weighted by Gasteiger charge is -2.19. The Labute approximate surface area is 103 Å². The molecule has 3 fully saturated rings. The Kier molecular flexibility index (Phi) is 1.82. The van der Waals surface area contributed by atoms with Gasteiger partial charge in [-0.05, 0) is 31.1 Å². The summed E-state index contributed by atoms with van der Waals surface area (Å²) in [6, 6.07) is 0. The number of amides is 2. The van der Waals surface area contributed by atoms with Crippen LogP contribution in [-0.2, 0) is 9.59 Å². The minimum absolute atomic E-state index is 0.00199. The number of anilines is 1. The third-order valence-electron chi connectivity index (χ3n) is 4.54. The highest BCUT2D eigenvalue weighted by Crippen LogP contribution is 2.56. The molecule has 5 heteroatoms. The first-order valence-electron chi connectivity index (χ1n) is 6.04. The van der Waals surface area contributed by atoms with Gasteiger partial charge in [0.05, 0.1) is 11.8 Å². The van der Waals surface area contributed by atoms with Crippen molar-refractivity contribution in [2.45, 2.75) is 19.3 Å². The number of carbonyl (C=O) groups is 2. The van der Waals surface area contributed by atoms with Gasteiger partial charge in [-0.2, -0.15) is 0 Å². The van der Waals surface area contributed by atoms with Gasteiger partial charge >= 0.3 is 0 Å². The number of nitrogens with zero attached hydrogens (tertiary/aromatic N) is 2. The van der Waals surface area contributed by atoms with Crippen LogP contribution in [-0.4, -0.2) is 16.8 Å². The molecular formula is C12H12N2O2S. The van der Waals surface area contributed by atoms with E-state index in [4.69, 9.17) is 0 Å². The highest BCUT2D eigenvalue weighted by Gasteiger charge is 2.61. The Morgan fingerprint density at radius 3 is 2.35 bits per heavy atom. The Hall–Kier alpha value is -1.23. The fraction of sp³-hybridized carbons (Fsp3) is 0.583. The quantitative estimate of drug-likeness (QED) is 0.710. The summed E-state index contributed by atoms with van der Waals surface area (Å²) >= 11 is 1.36. The van der Waals surface area contributed by atoms with Crippen LogP contribution in [0, 0.1) is 23.7 Å². The molecule has 2 saturated carbocycles. The molecule has 3 aliphatic rings. The summed E-state index contributed by atoms with van der Waals surface area (Å²) < 4.78 is 0. The molecule has 2 amide bonds. The van der Waals surface area contributed by atoms with E-state index in [9.17, 15) is 9.59 Å². The predicted molar refractivity (Wildman–Crippen MR) is 62.4 cm³/mol. The summed E-state index contributed by atoms with van der Waals surface area (Å²) in [5.41, 5.74) is 0. The maximum Gasteiger partial charge on any atom is 0.239 e. The molecule has 0 unspecified atom stereocenters. The first-order chi connectivity index (χ1) is 8.27. The fourth-order valence-electron chi connectivity index (χ4n) is 3.92. The zero-order valence-electron chi connectivity index (χ0n) is 9.20. The third-order valence-corrected chi connectivity index (χ3v) is 5.29. The maximum absolute atomic E-state index is 12.4. The monoisotopic (exact) mass is 248 g/mol. The number of hydrogen-bond donors (Lipinski definition) is 0. The molecule has 1 aromatic rings. The van der Waals surface area contributed by atoms with Gasteiger partial charge in [0.1, 0.15) is 0 Å². The van der Waals surface area contributed by atoms with Crippen molar-refractivity contribution in [3.63, 3.8) is 0 Å². The standard InChI is InChI=1S/C12H12N2O2S/c15-10-8-6-1-2-7(5-6)9(8)11(16)14(10)12-13-3-4-17-12/h3-4,6-9H,1-2,5H2/t6-,7+,8-,9-/m0/s1. The summed E-state index contributed by atoms with van der Waals surface area (Å²) in [5.74, 6) is 0.831. The van der Waals surface area contributed by atoms with Gasteiger partial charge in [0, 0.05) is 11.6 Å². The summed E-state index contributed by atoms with van der Waals surface area (Å²) in [6.45, 7) is 0. The van der Waals surface area contributed by atoms with Gasteiger partial charge < -0.3 is 0 Å². The average molecular weight is 248 g/mol. The van der Waals surface area contributed by atoms with Crippen LogP contribution < -0.4 is 4.90 Å². The van der Waals surface area contributed by atoms with E-state index in [2.05, 4.69) is 4.98 Å². The third kappa shape index (κ3) is 1.10. The molecule has 0 aromatic carbocycles. The molecule has 0 N–H and O–H groups in total. The first kappa shape index (κ1) is 9.76. The van der Waals surface area contributed by atoms with Crippen molar-refractivity contribution in [2.24, 2.45) is 23.7 Å². The molecule has 2 aliphatic carbocycles. The molecule has 1 aliphatic heterocycles. The van der Waals surface area contributed by atoms with Crippen molar-refractivity contribution >= 4 is 28.3 Å². The summed E-state index contributed by atoms with van der Waals surface area (Å²) in [6.07, 6.45) is 4.97. The Morgan fingerprint density at radius 1 is 1.18 bits per heavy atom. The molecule has 4 nitrogen and oxygen atoms in total. The van der Waals surface area contributed by atoms with E-state index in [1.807, 2.05) is 0 Å². The summed E-state index contributed by atoms with van der Waals surface area (Å²) in [7, 11) is 0. The SMILES string of the molecule is O=C1[C@H]2[C@@H]3CC[C@@H](C3)[C@@H]2C(=O)N1c1nccs1. The molecule has 1 aromatic heterocycles. The number of hydrogen-bond acceptors (Lipinski definition) is 4. The fourth-order valence-corrected chi connectivity index (χ4v) is 4.57. The van der Waals surface area contributed by atoms with Crippen molar-refractivity contribution in [1.29, 1.82) is 0 Å². The van der Waals surface area contributed by atoms with Crippen LogP contribution in [0.25, 0.3) is 0 Å². The molecule has 0 spiro atoms. The lowest BCUT2D eigenvalue weighted by atomic mass is 9.81. The molecule has 17 heavy (non-hydrogen) atoms. The molecule has 1 saturated heterocycles. The van der Waals surface area contributed by atoms with Crippen molar-refractivity contribution in [1.82, 2.24) is 4.98 Å². The van der Waals surface area contributed by atoms with Crippen molar-refractivity contribution in [3.8, 4) is 0 Å². The highest BCUT2D eigenvalue weighted by molar-refractivity contribution is 7.14. The largest absolute Gasteiger partial charge is 0.274 e. The van der Waals surface area contributed by atoms with Crippen LogP contribution in [0.5, 0.6) is 0 Å². The van der Waals surface area contributed by atoms with Gasteiger partial charge in [-0.1, -0.05) is 0 Å². The number of fused-ring (bicyclic) bond motifs is 5. The van der Waals surface area contributed by atoms with E-state index < -0.39 is 0 Å². The first-order valence-corrected chi connectivity index (χ1v) is 6.92. The summed E-state index contributed by atoms with van der Waals surface area (Å²) in [4.78, 5) is 30.2. The van der Waals surface area contributed by atoms with Gasteiger partial charge in [0.25, 0.3) is 0 Å². The van der Waals surface area contributed by atoms with E-state index in [-0.39, 0.29) is 23.7 Å². The zero-order chi connectivity index (χ0) is 11.6. The Morgan fingerprint density at radius 2 is 1.82 bits per heavy atom. The van der Waals surface area contributed by atoms with Crippen LogP contribution in [0.15, 0.2) is 11.6 Å². The topological polar surface area (TPSA) is 50.3 Å². The second kappa shape index (κ2) is 3.16. The molecule has 88 valence electrons. The van der Waals surface area contributed by atoms with Crippen LogP contribution in [0.1, 0.15) is 19.3 Å². The molecular weight excluding hydrogens is 236 g/mol. The zero-order valence-corrected chi connectivity index (χ0v) is 10.0. The molecule has 4 atom stereocenters. The average Bonchev–Trinajstić information content (AvgIpc) is 3.03. The maximum atomic E-state index is 12.4. The smallest absolute Gasteiger partial charge is 0.239 e. The number of carbonyl (C=O) groups excluding carboxylic acids is 2. The molecule has 4 rings (SSSR count). The molecule has 2 heterocycles. The van der Waals surface area contributed by atoms with Gasteiger partial charge in [-0.3, -0.25) is 9.59 Å². The second-order valence-electron chi connectivity index (χ2n) is 5.21. The van der Waals surface area contributed by atoms with Gasteiger partial charge in [0.2, 0.25) is 11.8 Å². The Bertz CT molecular complexity index is 471. The minimum atomic E-state index is -0.0369. The van der Waals surface area contributed by atoms with Gasteiger partial charge in [0.15, 0.2) is 5.13 Å². The second-order valence-corrected chi connectivity index (χ2v) is 6.08. The molecule has 2 bridgehead atoms. The lowest BCUT2D eigenvalue weighted by Crippen LogP contribution is -2.32. The number of rotatable bonds is 1. The summed E-state index contributed by atoms with van der Waals surface area (Å²) in [5, 5.41) is 2.35. The minimum Gasteiger partial charge on any atom is -0.274 e. The van der Waals surface area contributed by atoms with Crippen LogP contribution in [0.2, 0.25) is 0 Å².